The van der Waals surface area contributed by atoms with Gasteiger partial charge in [-0.25, -0.2) is 19.2 Å². The first kappa shape index (κ1) is 39.0. The zero-order chi connectivity index (χ0) is 38.7. The zero-order valence-corrected chi connectivity index (χ0v) is 29.8. The van der Waals surface area contributed by atoms with Crippen molar-refractivity contribution < 1.29 is 62.2 Å². The quantitative estimate of drug-likeness (QED) is 0.111. The number of hydrogen-bond acceptors (Lipinski definition) is 13. The summed E-state index contributed by atoms with van der Waals surface area (Å²) in [6.45, 7) is 4.92. The number of hydrogen-bond donors (Lipinski definition) is 1. The number of aliphatic hydroxyl groups excluding tert-OH is 1. The van der Waals surface area contributed by atoms with Crippen molar-refractivity contribution in [2.45, 2.75) is 62.2 Å². The van der Waals surface area contributed by atoms with Gasteiger partial charge in [-0.05, 0) is 55.5 Å². The average molecular weight is 753 g/mol. The lowest BCUT2D eigenvalue weighted by Gasteiger charge is -2.46. The van der Waals surface area contributed by atoms with E-state index in [-0.39, 0.29) is 35.5 Å². The number of aliphatic hydroxyl groups is 1. The Labute approximate surface area is 317 Å². The molecule has 13 nitrogen and oxygen atoms in total. The standard InChI is InChI=1S/C42H40O13/c1-3-24-48-41-32(43)34(31(25-49-41)51-37(44)27-16-8-4-9-17-27)55-42-36(54-40(47)30-22-14-7-15-23-30)35(53-39(46)29-20-12-6-13-21-29)33(26(2)50-42)52-38(45)28-18-10-5-11-19-28/h3-23,26,31-36,41-43H,1,24-25H2,2H3/t26-,31+,32-,33+,34+,35+,36-,41+,42+/m1/s1. The molecule has 2 fully saturated rings. The molecule has 1 N–H and O–H groups in total. The first-order chi connectivity index (χ1) is 26.7. The van der Waals surface area contributed by atoms with Crippen molar-refractivity contribution in [2.24, 2.45) is 0 Å². The van der Waals surface area contributed by atoms with E-state index in [4.69, 9.17) is 37.9 Å². The molecular weight excluding hydrogens is 712 g/mol. The number of carbonyl (C=O) groups excluding carboxylic acids is 4. The first-order valence-corrected chi connectivity index (χ1v) is 17.6. The molecule has 0 amide bonds. The van der Waals surface area contributed by atoms with Crippen LogP contribution in [-0.4, -0.2) is 97.5 Å². The lowest BCUT2D eigenvalue weighted by Crippen LogP contribution is -2.64. The van der Waals surface area contributed by atoms with Crippen LogP contribution in [0.15, 0.2) is 134 Å². The molecule has 0 unspecified atom stereocenters. The van der Waals surface area contributed by atoms with E-state index in [0.29, 0.717) is 0 Å². The van der Waals surface area contributed by atoms with Gasteiger partial charge >= 0.3 is 23.9 Å². The second-order valence-electron chi connectivity index (χ2n) is 12.6. The molecule has 0 aliphatic carbocycles. The molecule has 9 atom stereocenters. The van der Waals surface area contributed by atoms with Gasteiger partial charge in [-0.1, -0.05) is 78.9 Å². The molecule has 2 heterocycles. The summed E-state index contributed by atoms with van der Waals surface area (Å²) in [5.41, 5.74) is 0.742. The fourth-order valence-electron chi connectivity index (χ4n) is 6.07. The van der Waals surface area contributed by atoms with Crippen molar-refractivity contribution in [3.8, 4) is 0 Å². The summed E-state index contributed by atoms with van der Waals surface area (Å²) in [5, 5.41) is 11.6. The lowest BCUT2D eigenvalue weighted by atomic mass is 9.97. The Morgan fingerprint density at radius 3 is 1.49 bits per heavy atom. The summed E-state index contributed by atoms with van der Waals surface area (Å²) < 4.78 is 47.9. The number of ether oxygens (including phenoxy) is 8. The minimum Gasteiger partial charge on any atom is -0.453 e. The van der Waals surface area contributed by atoms with Gasteiger partial charge < -0.3 is 43.0 Å². The van der Waals surface area contributed by atoms with Gasteiger partial charge in [-0.15, -0.1) is 6.58 Å². The Hall–Kier alpha value is -5.70. The predicted molar refractivity (Wildman–Crippen MR) is 194 cm³/mol. The van der Waals surface area contributed by atoms with Crippen LogP contribution in [0.3, 0.4) is 0 Å². The van der Waals surface area contributed by atoms with Crippen LogP contribution in [0.4, 0.5) is 0 Å². The van der Waals surface area contributed by atoms with E-state index in [1.165, 1.54) is 30.3 Å². The van der Waals surface area contributed by atoms with E-state index < -0.39 is 79.2 Å². The van der Waals surface area contributed by atoms with Gasteiger partial charge in [0.05, 0.1) is 41.6 Å². The van der Waals surface area contributed by atoms with Gasteiger partial charge in [0.1, 0.15) is 12.2 Å². The summed E-state index contributed by atoms with van der Waals surface area (Å²) in [5.74, 6) is -3.16. The van der Waals surface area contributed by atoms with Crippen molar-refractivity contribution in [1.29, 1.82) is 0 Å². The topological polar surface area (TPSA) is 162 Å². The summed E-state index contributed by atoms with van der Waals surface area (Å²) in [4.78, 5) is 54.1. The Morgan fingerprint density at radius 2 is 1.04 bits per heavy atom. The molecule has 0 spiro atoms. The van der Waals surface area contributed by atoms with E-state index in [0.717, 1.165) is 0 Å². The maximum atomic E-state index is 13.7. The number of esters is 4. The number of benzene rings is 4. The number of rotatable bonds is 13. The molecule has 4 aromatic rings. The van der Waals surface area contributed by atoms with Crippen molar-refractivity contribution in [3.63, 3.8) is 0 Å². The van der Waals surface area contributed by atoms with Crippen LogP contribution in [0.1, 0.15) is 48.4 Å². The maximum Gasteiger partial charge on any atom is 0.338 e. The second-order valence-corrected chi connectivity index (χ2v) is 12.6. The molecule has 2 saturated heterocycles. The molecule has 2 aliphatic heterocycles. The fraction of sp³-hybridized carbons (Fsp3) is 0.286. The Kier molecular flexibility index (Phi) is 13.2. The Balaban J connectivity index is 1.37. The summed E-state index contributed by atoms with van der Waals surface area (Å²) in [6.07, 6.45) is -11.2. The average Bonchev–Trinajstić information content (AvgIpc) is 3.22. The molecule has 2 aliphatic rings. The van der Waals surface area contributed by atoms with Gasteiger partial charge in [-0.3, -0.25) is 0 Å². The molecule has 0 bridgehead atoms. The van der Waals surface area contributed by atoms with Crippen LogP contribution >= 0.6 is 0 Å². The summed E-state index contributed by atoms with van der Waals surface area (Å²) >= 11 is 0. The molecule has 0 radical (unpaired) electrons. The minimum atomic E-state index is -1.63. The van der Waals surface area contributed by atoms with E-state index >= 15 is 0 Å². The summed E-state index contributed by atoms with van der Waals surface area (Å²) in [6, 6.07) is 32.4. The van der Waals surface area contributed by atoms with Gasteiger partial charge in [0, 0.05) is 0 Å². The third-order valence-electron chi connectivity index (χ3n) is 8.83. The highest BCUT2D eigenvalue weighted by Gasteiger charge is 2.54. The normalized spacial score (nSPS) is 26.2. The van der Waals surface area contributed by atoms with Crippen LogP contribution in [-0.2, 0) is 37.9 Å². The third kappa shape index (κ3) is 9.70. The SMILES string of the molecule is C=CCO[C@H]1OC[C@H](OC(=O)c2ccccc2)[C@H](O[C@@H]2O[C@H](C)[C@H](OC(=O)c3ccccc3)[C@H](OC(=O)c3ccccc3)[C@H]2OC(=O)c2ccccc2)[C@H]1O. The van der Waals surface area contributed by atoms with Gasteiger partial charge in [0.25, 0.3) is 0 Å². The van der Waals surface area contributed by atoms with Gasteiger partial charge in [0.2, 0.25) is 0 Å². The summed E-state index contributed by atoms with van der Waals surface area (Å²) in [7, 11) is 0. The van der Waals surface area contributed by atoms with Crippen LogP contribution < -0.4 is 0 Å². The maximum absolute atomic E-state index is 13.7. The zero-order valence-electron chi connectivity index (χ0n) is 29.8. The molecule has 13 heteroatoms. The Morgan fingerprint density at radius 1 is 0.618 bits per heavy atom. The van der Waals surface area contributed by atoms with Gasteiger partial charge in [0.15, 0.2) is 37.0 Å². The fourth-order valence-corrected chi connectivity index (χ4v) is 6.07. The predicted octanol–water partition coefficient (Wildman–Crippen LogP) is 4.94. The minimum absolute atomic E-state index is 0.00314. The van der Waals surface area contributed by atoms with Crippen LogP contribution in [0.25, 0.3) is 0 Å². The lowest BCUT2D eigenvalue weighted by molar-refractivity contribution is -0.342. The number of carbonyl (C=O) groups is 4. The smallest absolute Gasteiger partial charge is 0.338 e. The highest BCUT2D eigenvalue weighted by atomic mass is 16.8. The first-order valence-electron chi connectivity index (χ1n) is 17.6. The van der Waals surface area contributed by atoms with Crippen molar-refractivity contribution in [1.82, 2.24) is 0 Å². The van der Waals surface area contributed by atoms with Crippen molar-refractivity contribution >= 4 is 23.9 Å². The van der Waals surface area contributed by atoms with Crippen LogP contribution in [0.5, 0.6) is 0 Å². The monoisotopic (exact) mass is 752 g/mol. The molecule has 55 heavy (non-hydrogen) atoms. The largest absolute Gasteiger partial charge is 0.453 e. The molecule has 0 aromatic heterocycles. The second kappa shape index (κ2) is 18.6. The highest BCUT2D eigenvalue weighted by molar-refractivity contribution is 5.91. The van der Waals surface area contributed by atoms with E-state index in [1.54, 1.807) is 104 Å². The molecular formula is C42H40O13. The van der Waals surface area contributed by atoms with Crippen LogP contribution in [0.2, 0.25) is 0 Å². The third-order valence-corrected chi connectivity index (χ3v) is 8.83. The van der Waals surface area contributed by atoms with Crippen LogP contribution in [0, 0.1) is 0 Å². The van der Waals surface area contributed by atoms with Crippen molar-refractivity contribution in [2.75, 3.05) is 13.2 Å². The van der Waals surface area contributed by atoms with Crippen molar-refractivity contribution in [3.05, 3.63) is 156 Å². The van der Waals surface area contributed by atoms with E-state index in [9.17, 15) is 24.3 Å². The Bertz CT molecular complexity index is 1890. The van der Waals surface area contributed by atoms with E-state index in [2.05, 4.69) is 6.58 Å². The molecule has 4 aromatic carbocycles. The van der Waals surface area contributed by atoms with E-state index in [1.807, 2.05) is 0 Å². The molecule has 286 valence electrons. The highest BCUT2D eigenvalue weighted by Crippen LogP contribution is 2.34. The molecule has 0 saturated carbocycles. The van der Waals surface area contributed by atoms with Gasteiger partial charge in [-0.2, -0.15) is 0 Å². The molecule has 6 rings (SSSR count).